The average Bonchev–Trinajstić information content (AvgIpc) is 2.96. The molecule has 1 saturated heterocycles. The van der Waals surface area contributed by atoms with E-state index in [1.54, 1.807) is 7.05 Å². The van der Waals surface area contributed by atoms with Gasteiger partial charge < -0.3 is 20.3 Å². The number of anilines is 1. The van der Waals surface area contributed by atoms with Crippen molar-refractivity contribution in [3.63, 3.8) is 0 Å². The first-order valence-corrected chi connectivity index (χ1v) is 10.4. The van der Waals surface area contributed by atoms with Crippen molar-refractivity contribution in [2.24, 2.45) is 10.9 Å². The van der Waals surface area contributed by atoms with Gasteiger partial charge >= 0.3 is 0 Å². The van der Waals surface area contributed by atoms with Crippen molar-refractivity contribution in [1.82, 2.24) is 15.6 Å². The van der Waals surface area contributed by atoms with E-state index in [1.165, 1.54) is 25.7 Å². The molecule has 1 aromatic rings. The second-order valence-corrected chi connectivity index (χ2v) is 7.60. The van der Waals surface area contributed by atoms with Crippen molar-refractivity contribution in [2.45, 2.75) is 52.5 Å². The van der Waals surface area contributed by atoms with Crippen LogP contribution in [0.2, 0.25) is 0 Å². The van der Waals surface area contributed by atoms with Gasteiger partial charge in [0.15, 0.2) is 5.96 Å². The van der Waals surface area contributed by atoms with Crippen LogP contribution in [0.5, 0.6) is 0 Å². The van der Waals surface area contributed by atoms with Crippen LogP contribution in [-0.4, -0.2) is 50.8 Å². The van der Waals surface area contributed by atoms with Crippen LogP contribution in [0.25, 0.3) is 0 Å². The summed E-state index contributed by atoms with van der Waals surface area (Å²) in [5.74, 6) is 2.51. The van der Waals surface area contributed by atoms with Crippen molar-refractivity contribution in [3.05, 3.63) is 23.9 Å². The molecular formula is C21H38IN5O. The van der Waals surface area contributed by atoms with Gasteiger partial charge in [-0.25, -0.2) is 4.98 Å². The van der Waals surface area contributed by atoms with Crippen molar-refractivity contribution < 1.29 is 4.74 Å². The quantitative estimate of drug-likeness (QED) is 0.232. The van der Waals surface area contributed by atoms with E-state index in [0.29, 0.717) is 5.92 Å². The molecule has 0 amide bonds. The number of halogens is 1. The molecule has 1 aromatic heterocycles. The highest BCUT2D eigenvalue weighted by Gasteiger charge is 2.10. The molecule has 1 aliphatic rings. The molecule has 1 aliphatic heterocycles. The maximum absolute atomic E-state index is 5.60. The van der Waals surface area contributed by atoms with Gasteiger partial charge in [-0.05, 0) is 36.8 Å². The maximum Gasteiger partial charge on any atom is 0.191 e. The largest absolute Gasteiger partial charge is 0.381 e. The van der Waals surface area contributed by atoms with Gasteiger partial charge in [0.2, 0.25) is 0 Å². The van der Waals surface area contributed by atoms with Crippen LogP contribution in [0, 0.1) is 5.92 Å². The first-order chi connectivity index (χ1) is 13.2. The van der Waals surface area contributed by atoms with E-state index < -0.39 is 0 Å². The summed E-state index contributed by atoms with van der Waals surface area (Å²) in [5, 5.41) is 6.68. The minimum absolute atomic E-state index is 0. The zero-order valence-electron chi connectivity index (χ0n) is 17.7. The zero-order chi connectivity index (χ0) is 19.3. The Bertz CT molecular complexity index is 542. The summed E-state index contributed by atoms with van der Waals surface area (Å²) >= 11 is 0. The fourth-order valence-electron chi connectivity index (χ4n) is 3.11. The second kappa shape index (κ2) is 14.8. The fraction of sp³-hybridized carbons (Fsp3) is 0.714. The summed E-state index contributed by atoms with van der Waals surface area (Å²) in [6.07, 6.45) is 8.17. The lowest BCUT2D eigenvalue weighted by Crippen LogP contribution is -2.37. The molecule has 0 unspecified atom stereocenters. The van der Waals surface area contributed by atoms with Crippen molar-refractivity contribution in [2.75, 3.05) is 44.8 Å². The Morgan fingerprint density at radius 2 is 1.93 bits per heavy atom. The Balaban J connectivity index is 0.00000392. The van der Waals surface area contributed by atoms with Gasteiger partial charge in [-0.1, -0.05) is 32.8 Å². The highest BCUT2D eigenvalue weighted by molar-refractivity contribution is 14.0. The maximum atomic E-state index is 5.60. The number of aliphatic imine (C=N–C) groups is 1. The SMILES string of the molecule is CN=C(NCCCOCC(C)C)NCc1ccc(N2CCCCCC2)nc1.I. The summed E-state index contributed by atoms with van der Waals surface area (Å²) < 4.78 is 5.60. The van der Waals surface area contributed by atoms with E-state index in [2.05, 4.69) is 51.5 Å². The number of nitrogens with one attached hydrogen (secondary N) is 2. The zero-order valence-corrected chi connectivity index (χ0v) is 20.1. The van der Waals surface area contributed by atoms with E-state index in [4.69, 9.17) is 4.74 Å². The molecule has 2 rings (SSSR count). The molecule has 0 radical (unpaired) electrons. The Labute approximate surface area is 187 Å². The van der Waals surface area contributed by atoms with Gasteiger partial charge in [-0.3, -0.25) is 4.99 Å². The van der Waals surface area contributed by atoms with Crippen molar-refractivity contribution in [1.29, 1.82) is 0 Å². The minimum atomic E-state index is 0. The van der Waals surface area contributed by atoms with E-state index in [1.807, 2.05) is 6.20 Å². The number of hydrogen-bond acceptors (Lipinski definition) is 4. The molecule has 0 aliphatic carbocycles. The number of aromatic nitrogens is 1. The molecule has 6 nitrogen and oxygen atoms in total. The van der Waals surface area contributed by atoms with Crippen LogP contribution in [-0.2, 0) is 11.3 Å². The molecule has 2 N–H and O–H groups in total. The average molecular weight is 503 g/mol. The summed E-state index contributed by atoms with van der Waals surface area (Å²) in [7, 11) is 1.80. The lowest BCUT2D eigenvalue weighted by Gasteiger charge is -2.21. The Hall–Kier alpha value is -1.09. The molecule has 1 fully saturated rings. The summed E-state index contributed by atoms with van der Waals surface area (Å²) in [6, 6.07) is 4.30. The van der Waals surface area contributed by atoms with Gasteiger partial charge in [-0.15, -0.1) is 24.0 Å². The van der Waals surface area contributed by atoms with E-state index in [-0.39, 0.29) is 24.0 Å². The van der Waals surface area contributed by atoms with Crippen molar-refractivity contribution >= 4 is 35.8 Å². The van der Waals surface area contributed by atoms with Crippen LogP contribution in [0.15, 0.2) is 23.3 Å². The van der Waals surface area contributed by atoms with Gasteiger partial charge in [-0.2, -0.15) is 0 Å². The molecule has 28 heavy (non-hydrogen) atoms. The summed E-state index contributed by atoms with van der Waals surface area (Å²) in [4.78, 5) is 11.4. The number of hydrogen-bond donors (Lipinski definition) is 2. The molecule has 2 heterocycles. The number of pyridine rings is 1. The second-order valence-electron chi connectivity index (χ2n) is 7.60. The minimum Gasteiger partial charge on any atom is -0.381 e. The molecule has 0 bridgehead atoms. The Kier molecular flexibility index (Phi) is 13.2. The first kappa shape index (κ1) is 24.9. The van der Waals surface area contributed by atoms with Crippen LogP contribution >= 0.6 is 24.0 Å². The van der Waals surface area contributed by atoms with Crippen LogP contribution < -0.4 is 15.5 Å². The molecule has 160 valence electrons. The third-order valence-electron chi connectivity index (χ3n) is 4.63. The van der Waals surface area contributed by atoms with E-state index >= 15 is 0 Å². The Morgan fingerprint density at radius 3 is 2.54 bits per heavy atom. The van der Waals surface area contributed by atoms with Gasteiger partial charge in [0.1, 0.15) is 5.82 Å². The summed E-state index contributed by atoms with van der Waals surface area (Å²) in [5.41, 5.74) is 1.16. The third kappa shape index (κ3) is 9.91. The highest BCUT2D eigenvalue weighted by atomic mass is 127. The monoisotopic (exact) mass is 503 g/mol. The Morgan fingerprint density at radius 1 is 1.18 bits per heavy atom. The smallest absolute Gasteiger partial charge is 0.191 e. The lowest BCUT2D eigenvalue weighted by atomic mass is 10.2. The molecule has 0 spiro atoms. The predicted octanol–water partition coefficient (Wildman–Crippen LogP) is 3.81. The third-order valence-corrected chi connectivity index (χ3v) is 4.63. The van der Waals surface area contributed by atoms with E-state index in [0.717, 1.165) is 63.2 Å². The van der Waals surface area contributed by atoms with Gasteiger partial charge in [0, 0.05) is 52.6 Å². The number of ether oxygens (including phenoxy) is 1. The van der Waals surface area contributed by atoms with E-state index in [9.17, 15) is 0 Å². The lowest BCUT2D eigenvalue weighted by molar-refractivity contribution is 0.108. The molecule has 0 saturated carbocycles. The number of guanidine groups is 1. The van der Waals surface area contributed by atoms with Crippen LogP contribution in [0.4, 0.5) is 5.82 Å². The molecule has 7 heteroatoms. The fourth-order valence-corrected chi connectivity index (χ4v) is 3.11. The van der Waals surface area contributed by atoms with Crippen molar-refractivity contribution in [3.8, 4) is 0 Å². The normalized spacial score (nSPS) is 15.1. The van der Waals surface area contributed by atoms with Gasteiger partial charge in [0.05, 0.1) is 0 Å². The number of rotatable bonds is 9. The topological polar surface area (TPSA) is 61.8 Å². The molecular weight excluding hydrogens is 465 g/mol. The standard InChI is InChI=1S/C21H37N5O.HI/c1-18(2)17-27-14-8-11-23-21(22-3)25-16-19-9-10-20(24-15-19)26-12-6-4-5-7-13-26;/h9-10,15,18H,4-8,11-14,16-17H2,1-3H3,(H2,22,23,25);1H. The molecule has 0 atom stereocenters. The summed E-state index contributed by atoms with van der Waals surface area (Å²) in [6.45, 7) is 9.76. The highest BCUT2D eigenvalue weighted by Crippen LogP contribution is 2.17. The predicted molar refractivity (Wildman–Crippen MR) is 129 cm³/mol. The van der Waals surface area contributed by atoms with Gasteiger partial charge in [0.25, 0.3) is 0 Å². The van der Waals surface area contributed by atoms with Crippen LogP contribution in [0.1, 0.15) is 51.5 Å². The number of nitrogens with zero attached hydrogens (tertiary/aromatic N) is 3. The first-order valence-electron chi connectivity index (χ1n) is 10.4. The van der Waals surface area contributed by atoms with Crippen LogP contribution in [0.3, 0.4) is 0 Å². The molecule has 0 aromatic carbocycles.